The molecule has 78 valence electrons. The molecule has 0 N–H and O–H groups in total. The van der Waals surface area contributed by atoms with Crippen molar-refractivity contribution in [2.24, 2.45) is 5.92 Å². The Balaban J connectivity index is 4.02. The van der Waals surface area contributed by atoms with Gasteiger partial charge in [-0.25, -0.2) is 4.79 Å². The smallest absolute Gasteiger partial charge is 0.438 e. The van der Waals surface area contributed by atoms with Gasteiger partial charge in [0.25, 0.3) is 0 Å². The molecule has 0 amide bonds. The van der Waals surface area contributed by atoms with Crippen LogP contribution in [0.1, 0.15) is 27.7 Å². The van der Waals surface area contributed by atoms with E-state index in [1.807, 2.05) is 27.7 Å². The van der Waals surface area contributed by atoms with Crippen molar-refractivity contribution >= 4 is 6.16 Å². The van der Waals surface area contributed by atoms with Crippen molar-refractivity contribution in [2.45, 2.75) is 40.1 Å². The lowest BCUT2D eigenvalue weighted by molar-refractivity contribution is -0.162. The molecule has 0 saturated heterocycles. The SMILES string of the molecule is COC(=O)OC(OC(C)C)C(C)C. The van der Waals surface area contributed by atoms with Gasteiger partial charge in [0, 0.05) is 5.92 Å². The summed E-state index contributed by atoms with van der Waals surface area (Å²) in [7, 11) is 1.27. The Hall–Kier alpha value is -0.770. The highest BCUT2D eigenvalue weighted by Gasteiger charge is 2.20. The minimum Gasteiger partial charge on any atom is -0.438 e. The van der Waals surface area contributed by atoms with Gasteiger partial charge in [-0.2, -0.15) is 0 Å². The molecule has 0 heterocycles. The van der Waals surface area contributed by atoms with Crippen LogP contribution >= 0.6 is 0 Å². The van der Waals surface area contributed by atoms with Crippen LogP contribution in [0.2, 0.25) is 0 Å². The van der Waals surface area contributed by atoms with E-state index < -0.39 is 12.4 Å². The molecule has 0 fully saturated rings. The molecule has 0 bridgehead atoms. The lowest BCUT2D eigenvalue weighted by Crippen LogP contribution is -2.29. The van der Waals surface area contributed by atoms with Crippen molar-refractivity contribution in [1.82, 2.24) is 0 Å². The normalized spacial score (nSPS) is 13.2. The van der Waals surface area contributed by atoms with Gasteiger partial charge in [0.05, 0.1) is 13.2 Å². The molecule has 4 heteroatoms. The molecule has 0 aliphatic heterocycles. The summed E-state index contributed by atoms with van der Waals surface area (Å²) in [5, 5.41) is 0. The maximum atomic E-state index is 10.8. The minimum atomic E-state index is -0.709. The third-order valence-electron chi connectivity index (χ3n) is 1.33. The first-order chi connectivity index (χ1) is 5.97. The van der Waals surface area contributed by atoms with Crippen molar-refractivity contribution in [3.8, 4) is 0 Å². The average molecular weight is 190 g/mol. The Labute approximate surface area is 79.2 Å². The van der Waals surface area contributed by atoms with Crippen LogP contribution in [0.25, 0.3) is 0 Å². The van der Waals surface area contributed by atoms with Crippen LogP contribution in [0.5, 0.6) is 0 Å². The molecule has 0 aliphatic rings. The van der Waals surface area contributed by atoms with E-state index in [0.29, 0.717) is 0 Å². The second-order valence-electron chi connectivity index (χ2n) is 3.37. The third-order valence-corrected chi connectivity index (χ3v) is 1.33. The molecule has 0 aliphatic carbocycles. The molecule has 0 aromatic heterocycles. The van der Waals surface area contributed by atoms with Gasteiger partial charge < -0.3 is 14.2 Å². The first kappa shape index (κ1) is 12.2. The molecule has 0 spiro atoms. The number of hydrogen-bond acceptors (Lipinski definition) is 4. The molecule has 0 rings (SSSR count). The van der Waals surface area contributed by atoms with E-state index in [1.54, 1.807) is 0 Å². The number of hydrogen-bond donors (Lipinski definition) is 0. The summed E-state index contributed by atoms with van der Waals surface area (Å²) in [4.78, 5) is 10.8. The van der Waals surface area contributed by atoms with Gasteiger partial charge in [-0.15, -0.1) is 0 Å². The number of carbonyl (C=O) groups is 1. The zero-order valence-electron chi connectivity index (χ0n) is 8.87. The first-order valence-electron chi connectivity index (χ1n) is 4.37. The molecular weight excluding hydrogens is 172 g/mol. The summed E-state index contributed by atoms with van der Waals surface area (Å²) < 4.78 is 14.6. The molecule has 1 atom stereocenters. The Morgan fingerprint density at radius 3 is 2.00 bits per heavy atom. The van der Waals surface area contributed by atoms with Crippen molar-refractivity contribution in [3.63, 3.8) is 0 Å². The maximum Gasteiger partial charge on any atom is 0.510 e. The van der Waals surface area contributed by atoms with Crippen LogP contribution in [0.4, 0.5) is 4.79 Å². The molecule has 0 aromatic rings. The zero-order valence-corrected chi connectivity index (χ0v) is 8.87. The second kappa shape index (κ2) is 5.80. The van der Waals surface area contributed by atoms with E-state index >= 15 is 0 Å². The Morgan fingerprint density at radius 2 is 1.69 bits per heavy atom. The molecule has 0 aromatic carbocycles. The van der Waals surface area contributed by atoms with Crippen molar-refractivity contribution in [2.75, 3.05) is 7.11 Å². The number of methoxy groups -OCH3 is 1. The van der Waals surface area contributed by atoms with E-state index in [9.17, 15) is 4.79 Å². The fourth-order valence-corrected chi connectivity index (χ4v) is 0.732. The molecule has 0 saturated carbocycles. The quantitative estimate of drug-likeness (QED) is 0.503. The van der Waals surface area contributed by atoms with E-state index in [4.69, 9.17) is 9.47 Å². The molecule has 13 heavy (non-hydrogen) atoms. The molecule has 0 radical (unpaired) electrons. The highest BCUT2D eigenvalue weighted by Crippen LogP contribution is 2.11. The van der Waals surface area contributed by atoms with Gasteiger partial charge in [0.15, 0.2) is 0 Å². The lowest BCUT2D eigenvalue weighted by atomic mass is 10.2. The number of rotatable bonds is 4. The highest BCUT2D eigenvalue weighted by molar-refractivity contribution is 5.59. The summed E-state index contributed by atoms with van der Waals surface area (Å²) in [6, 6.07) is 0. The fraction of sp³-hybridized carbons (Fsp3) is 0.889. The second-order valence-corrected chi connectivity index (χ2v) is 3.37. The molecular formula is C9H18O4. The Bertz CT molecular complexity index is 154. The topological polar surface area (TPSA) is 44.8 Å². The van der Waals surface area contributed by atoms with E-state index in [1.165, 1.54) is 7.11 Å². The minimum absolute atomic E-state index is 0.0251. The summed E-state index contributed by atoms with van der Waals surface area (Å²) >= 11 is 0. The highest BCUT2D eigenvalue weighted by atomic mass is 16.8. The first-order valence-corrected chi connectivity index (χ1v) is 4.37. The van der Waals surface area contributed by atoms with Crippen LogP contribution in [-0.4, -0.2) is 25.7 Å². The van der Waals surface area contributed by atoms with Gasteiger partial charge in [0.2, 0.25) is 6.29 Å². The van der Waals surface area contributed by atoms with Crippen molar-refractivity contribution in [3.05, 3.63) is 0 Å². The van der Waals surface area contributed by atoms with Crippen LogP contribution in [0.15, 0.2) is 0 Å². The van der Waals surface area contributed by atoms with Crippen molar-refractivity contribution < 1.29 is 19.0 Å². The predicted octanol–water partition coefficient (Wildman–Crippen LogP) is 2.18. The van der Waals surface area contributed by atoms with Gasteiger partial charge >= 0.3 is 6.16 Å². The fourth-order valence-electron chi connectivity index (χ4n) is 0.732. The van der Waals surface area contributed by atoms with Gasteiger partial charge in [-0.3, -0.25) is 0 Å². The van der Waals surface area contributed by atoms with E-state index in [0.717, 1.165) is 0 Å². The van der Waals surface area contributed by atoms with Crippen LogP contribution in [-0.2, 0) is 14.2 Å². The van der Waals surface area contributed by atoms with E-state index in [-0.39, 0.29) is 12.0 Å². The summed E-state index contributed by atoms with van der Waals surface area (Å²) in [6.45, 7) is 7.60. The largest absolute Gasteiger partial charge is 0.510 e. The van der Waals surface area contributed by atoms with Gasteiger partial charge in [-0.1, -0.05) is 13.8 Å². The number of ether oxygens (including phenoxy) is 3. The Kier molecular flexibility index (Phi) is 5.46. The zero-order chi connectivity index (χ0) is 10.4. The van der Waals surface area contributed by atoms with Gasteiger partial charge in [0.1, 0.15) is 0 Å². The standard InChI is InChI=1S/C9H18O4/c1-6(2)8(12-7(3)4)13-9(10)11-5/h6-8H,1-5H3. The maximum absolute atomic E-state index is 10.8. The molecule has 4 nitrogen and oxygen atoms in total. The van der Waals surface area contributed by atoms with Crippen LogP contribution in [0.3, 0.4) is 0 Å². The summed E-state index contributed by atoms with van der Waals surface area (Å²) in [5.41, 5.74) is 0. The summed E-state index contributed by atoms with van der Waals surface area (Å²) in [5.74, 6) is 0.112. The summed E-state index contributed by atoms with van der Waals surface area (Å²) in [6.07, 6.45) is -1.22. The molecule has 1 unspecified atom stereocenters. The van der Waals surface area contributed by atoms with Gasteiger partial charge in [-0.05, 0) is 13.8 Å². The monoisotopic (exact) mass is 190 g/mol. The Morgan fingerprint density at radius 1 is 1.15 bits per heavy atom. The predicted molar refractivity (Wildman–Crippen MR) is 48.3 cm³/mol. The van der Waals surface area contributed by atoms with Crippen LogP contribution < -0.4 is 0 Å². The van der Waals surface area contributed by atoms with Crippen molar-refractivity contribution in [1.29, 1.82) is 0 Å². The number of carbonyl (C=O) groups excluding carboxylic acids is 1. The lowest BCUT2D eigenvalue weighted by Gasteiger charge is -2.22. The third kappa shape index (κ3) is 5.47. The average Bonchev–Trinajstić information content (AvgIpc) is 2.02. The van der Waals surface area contributed by atoms with Crippen LogP contribution in [0, 0.1) is 5.92 Å². The van der Waals surface area contributed by atoms with E-state index in [2.05, 4.69) is 4.74 Å².